The Labute approximate surface area is 137 Å². The molecule has 1 aromatic rings. The van der Waals surface area contributed by atoms with E-state index >= 15 is 0 Å². The molecule has 8 heteroatoms. The molecule has 2 fully saturated rings. The summed E-state index contributed by atoms with van der Waals surface area (Å²) in [5, 5.41) is 28.9. The highest BCUT2D eigenvalue weighted by Crippen LogP contribution is 2.63. The van der Waals surface area contributed by atoms with Gasteiger partial charge in [-0.2, -0.15) is 0 Å². The number of carboxylic acids is 1. The summed E-state index contributed by atoms with van der Waals surface area (Å²) < 4.78 is 26.9. The number of aliphatic hydroxyl groups is 2. The molecule has 1 aliphatic carbocycles. The number of nitrogens with zero attached hydrogens (tertiary/aromatic N) is 1. The van der Waals surface area contributed by atoms with Crippen LogP contribution in [0.2, 0.25) is 0 Å². The van der Waals surface area contributed by atoms with E-state index in [1.54, 1.807) is 11.8 Å². The van der Waals surface area contributed by atoms with Crippen molar-refractivity contribution < 1.29 is 28.9 Å². The predicted octanol–water partition coefficient (Wildman–Crippen LogP) is 1.11. The number of carbonyl (C=O) groups is 1. The Morgan fingerprint density at radius 1 is 1.35 bits per heavy atom. The Morgan fingerprint density at radius 2 is 1.91 bits per heavy atom. The fourth-order valence-electron chi connectivity index (χ4n) is 3.88. The lowest BCUT2D eigenvalue weighted by molar-refractivity contribution is -0.225. The zero-order chi connectivity index (χ0) is 16.3. The number of carboxylic acid groups (broad SMARTS) is 1. The predicted molar refractivity (Wildman–Crippen MR) is 79.2 cm³/mol. The van der Waals surface area contributed by atoms with E-state index < -0.39 is 34.8 Å². The highest BCUT2D eigenvalue weighted by molar-refractivity contribution is 5.85. The molecule has 1 saturated heterocycles. The Bertz CT molecular complexity index is 622. The van der Waals surface area contributed by atoms with Gasteiger partial charge in [0.2, 0.25) is 0 Å². The van der Waals surface area contributed by atoms with Gasteiger partial charge in [0, 0.05) is 18.0 Å². The molecule has 0 spiro atoms. The van der Waals surface area contributed by atoms with Crippen molar-refractivity contribution in [2.24, 2.45) is 5.92 Å². The minimum absolute atomic E-state index is 0. The molecule has 0 radical (unpaired) electrons. The van der Waals surface area contributed by atoms with Crippen molar-refractivity contribution >= 4 is 18.4 Å². The third-order valence-corrected chi connectivity index (χ3v) is 4.96. The standard InChI is InChI=1S/C15H17F2NO4.ClH/c1-2-18-7-14(8-3-9(16)5-10(17)4-8)6-11(14)12(18)15(21,22)13(19)20;/h3-5,11-12,21-22H,2,6-7H2,1H3,(H,19,20);1H/t11-,12?,14+;/m0./s1. The normalized spacial score (nSPS) is 29.8. The monoisotopic (exact) mass is 349 g/mol. The van der Waals surface area contributed by atoms with Crippen LogP contribution in [-0.2, 0) is 10.2 Å². The van der Waals surface area contributed by atoms with Crippen LogP contribution in [0.25, 0.3) is 0 Å². The summed E-state index contributed by atoms with van der Waals surface area (Å²) in [4.78, 5) is 12.8. The molecule has 1 aliphatic heterocycles. The van der Waals surface area contributed by atoms with Crippen molar-refractivity contribution in [3.8, 4) is 0 Å². The average molecular weight is 350 g/mol. The Hall–Kier alpha value is -1.28. The van der Waals surface area contributed by atoms with Crippen LogP contribution in [0, 0.1) is 17.6 Å². The number of halogens is 3. The van der Waals surface area contributed by atoms with Gasteiger partial charge in [0.1, 0.15) is 11.6 Å². The molecular weight excluding hydrogens is 332 g/mol. The quantitative estimate of drug-likeness (QED) is 0.710. The number of rotatable bonds is 4. The molecule has 0 aromatic heterocycles. The molecule has 5 nitrogen and oxygen atoms in total. The zero-order valence-corrected chi connectivity index (χ0v) is 13.2. The molecule has 1 aromatic carbocycles. The first-order valence-electron chi connectivity index (χ1n) is 7.11. The van der Waals surface area contributed by atoms with Crippen molar-refractivity contribution in [3.05, 3.63) is 35.4 Å². The maximum Gasteiger partial charge on any atom is 0.365 e. The van der Waals surface area contributed by atoms with Crippen LogP contribution < -0.4 is 0 Å². The van der Waals surface area contributed by atoms with Gasteiger partial charge >= 0.3 is 5.97 Å². The third-order valence-electron chi connectivity index (χ3n) is 4.96. The Balaban J connectivity index is 0.00000192. The molecule has 0 amide bonds. The lowest BCUT2D eigenvalue weighted by atomic mass is 9.92. The molecule has 1 saturated carbocycles. The van der Waals surface area contributed by atoms with E-state index in [9.17, 15) is 23.8 Å². The van der Waals surface area contributed by atoms with Gasteiger partial charge in [0.15, 0.2) is 0 Å². The van der Waals surface area contributed by atoms with Crippen molar-refractivity contribution in [3.63, 3.8) is 0 Å². The Kier molecular flexibility index (Phi) is 4.45. The molecule has 1 unspecified atom stereocenters. The average Bonchev–Trinajstić information content (AvgIpc) is 3.03. The van der Waals surface area contributed by atoms with Crippen LogP contribution in [0.4, 0.5) is 8.78 Å². The van der Waals surface area contributed by atoms with Crippen molar-refractivity contribution in [1.29, 1.82) is 0 Å². The molecule has 0 bridgehead atoms. The smallest absolute Gasteiger partial charge is 0.365 e. The first-order valence-corrected chi connectivity index (χ1v) is 7.11. The van der Waals surface area contributed by atoms with E-state index in [-0.39, 0.29) is 18.3 Å². The number of hydrogen-bond donors (Lipinski definition) is 3. The van der Waals surface area contributed by atoms with E-state index in [0.717, 1.165) is 6.07 Å². The second-order valence-corrected chi connectivity index (χ2v) is 6.16. The van der Waals surface area contributed by atoms with Gasteiger partial charge in [-0.15, -0.1) is 12.4 Å². The minimum Gasteiger partial charge on any atom is -0.477 e. The summed E-state index contributed by atoms with van der Waals surface area (Å²) in [5.74, 6) is -6.35. The zero-order valence-electron chi connectivity index (χ0n) is 12.4. The van der Waals surface area contributed by atoms with Crippen molar-refractivity contribution in [2.45, 2.75) is 30.6 Å². The van der Waals surface area contributed by atoms with Gasteiger partial charge in [0.05, 0.1) is 6.04 Å². The van der Waals surface area contributed by atoms with Gasteiger partial charge in [-0.25, -0.2) is 13.6 Å². The summed E-state index contributed by atoms with van der Waals surface area (Å²) >= 11 is 0. The molecule has 128 valence electrons. The second-order valence-electron chi connectivity index (χ2n) is 6.16. The molecular formula is C15H18ClF2NO4. The number of fused-ring (bicyclic) bond motifs is 1. The summed E-state index contributed by atoms with van der Waals surface area (Å²) in [7, 11) is 0. The third kappa shape index (κ3) is 2.61. The minimum atomic E-state index is -2.88. The largest absolute Gasteiger partial charge is 0.477 e. The fourth-order valence-corrected chi connectivity index (χ4v) is 3.88. The van der Waals surface area contributed by atoms with Gasteiger partial charge in [-0.05, 0) is 36.6 Å². The maximum atomic E-state index is 13.5. The van der Waals surface area contributed by atoms with E-state index in [1.165, 1.54) is 12.1 Å². The first-order chi connectivity index (χ1) is 10.2. The van der Waals surface area contributed by atoms with E-state index in [1.807, 2.05) is 0 Å². The second kappa shape index (κ2) is 5.66. The first kappa shape index (κ1) is 18.1. The topological polar surface area (TPSA) is 81.0 Å². The fraction of sp³-hybridized carbons (Fsp3) is 0.533. The summed E-state index contributed by atoms with van der Waals surface area (Å²) in [6.45, 7) is 2.53. The van der Waals surface area contributed by atoms with Crippen LogP contribution in [0.1, 0.15) is 18.9 Å². The SMILES string of the molecule is CCN1C[C@@]2(c3cc(F)cc(F)c3)C[C@H]2C1C(O)(O)C(=O)O.Cl. The maximum absolute atomic E-state index is 13.5. The number of likely N-dealkylation sites (N-methyl/N-ethyl adjacent to an activating group) is 1. The van der Waals surface area contributed by atoms with E-state index in [0.29, 0.717) is 25.1 Å². The summed E-state index contributed by atoms with van der Waals surface area (Å²) in [5.41, 5.74) is -0.174. The molecule has 3 atom stereocenters. The van der Waals surface area contributed by atoms with E-state index in [2.05, 4.69) is 0 Å². The molecule has 1 heterocycles. The van der Waals surface area contributed by atoms with Gasteiger partial charge in [-0.3, -0.25) is 4.90 Å². The van der Waals surface area contributed by atoms with Gasteiger partial charge in [-0.1, -0.05) is 6.92 Å². The summed E-state index contributed by atoms with van der Waals surface area (Å²) in [6, 6.07) is 2.25. The lowest BCUT2D eigenvalue weighted by Gasteiger charge is -2.33. The van der Waals surface area contributed by atoms with Crippen LogP contribution in [-0.4, -0.2) is 51.1 Å². The molecule has 23 heavy (non-hydrogen) atoms. The number of hydrogen-bond acceptors (Lipinski definition) is 4. The number of likely N-dealkylation sites (tertiary alicyclic amines) is 1. The molecule has 3 N–H and O–H groups in total. The lowest BCUT2D eigenvalue weighted by Crippen LogP contribution is -2.56. The summed E-state index contributed by atoms with van der Waals surface area (Å²) in [6.07, 6.45) is 0.479. The van der Waals surface area contributed by atoms with E-state index in [4.69, 9.17) is 5.11 Å². The number of aliphatic carboxylic acids is 1. The van der Waals surface area contributed by atoms with Gasteiger partial charge < -0.3 is 15.3 Å². The highest BCUT2D eigenvalue weighted by Gasteiger charge is 2.71. The van der Waals surface area contributed by atoms with Gasteiger partial charge in [0.25, 0.3) is 5.79 Å². The van der Waals surface area contributed by atoms with Crippen molar-refractivity contribution in [1.82, 2.24) is 4.90 Å². The Morgan fingerprint density at radius 3 is 2.39 bits per heavy atom. The highest BCUT2D eigenvalue weighted by atomic mass is 35.5. The number of benzene rings is 1. The number of piperidine rings is 1. The molecule has 2 aliphatic rings. The van der Waals surface area contributed by atoms with Crippen molar-refractivity contribution in [2.75, 3.05) is 13.1 Å². The molecule has 3 rings (SSSR count). The van der Waals surface area contributed by atoms with Crippen LogP contribution >= 0.6 is 12.4 Å². The van der Waals surface area contributed by atoms with Crippen LogP contribution in [0.5, 0.6) is 0 Å². The van der Waals surface area contributed by atoms with Crippen LogP contribution in [0.3, 0.4) is 0 Å². The van der Waals surface area contributed by atoms with Crippen LogP contribution in [0.15, 0.2) is 18.2 Å².